The van der Waals surface area contributed by atoms with E-state index < -0.39 is 0 Å². The Bertz CT molecular complexity index is 761. The third-order valence-electron chi connectivity index (χ3n) is 4.94. The lowest BCUT2D eigenvalue weighted by Gasteiger charge is -2.17. The zero-order valence-corrected chi connectivity index (χ0v) is 19.6. The highest BCUT2D eigenvalue weighted by atomic mass is 127. The summed E-state index contributed by atoms with van der Waals surface area (Å²) < 4.78 is 0. The first-order valence-corrected chi connectivity index (χ1v) is 10.4. The van der Waals surface area contributed by atoms with Crippen LogP contribution in [-0.2, 0) is 17.9 Å². The molecule has 3 rings (SSSR count). The lowest BCUT2D eigenvalue weighted by molar-refractivity contribution is -0.128. The van der Waals surface area contributed by atoms with Crippen molar-refractivity contribution in [3.8, 4) is 0 Å². The second-order valence-corrected chi connectivity index (χ2v) is 7.78. The minimum absolute atomic E-state index is 0. The number of hydrogen-bond acceptors (Lipinski definition) is 3. The molecule has 2 heterocycles. The number of benzene rings is 1. The van der Waals surface area contributed by atoms with Crippen LogP contribution < -0.4 is 10.6 Å². The molecule has 2 aromatic rings. The van der Waals surface area contributed by atoms with E-state index in [0.29, 0.717) is 12.3 Å². The van der Waals surface area contributed by atoms with Gasteiger partial charge in [-0.25, -0.2) is 0 Å². The van der Waals surface area contributed by atoms with Gasteiger partial charge >= 0.3 is 0 Å². The van der Waals surface area contributed by atoms with E-state index in [1.54, 1.807) is 18.4 Å². The smallest absolute Gasteiger partial charge is 0.222 e. The number of rotatable bonds is 7. The predicted octanol–water partition coefficient (Wildman–Crippen LogP) is 3.96. The number of carbonyl (C=O) groups excluding carboxylic acids is 1. The molecule has 1 aliphatic rings. The third kappa shape index (κ3) is 6.48. The van der Waals surface area contributed by atoms with Crippen LogP contribution in [0.5, 0.6) is 0 Å². The van der Waals surface area contributed by atoms with E-state index in [1.165, 1.54) is 16.7 Å². The summed E-state index contributed by atoms with van der Waals surface area (Å²) in [6.45, 7) is 5.38. The number of nitrogens with one attached hydrogen (secondary N) is 2. The Hall–Kier alpha value is -1.61. The fraction of sp³-hybridized carbons (Fsp3) is 0.429. The highest BCUT2D eigenvalue weighted by Gasteiger charge is 2.19. The van der Waals surface area contributed by atoms with Gasteiger partial charge in [0.05, 0.1) is 0 Å². The molecule has 1 aromatic heterocycles. The van der Waals surface area contributed by atoms with Gasteiger partial charge in [-0.15, -0.1) is 24.0 Å². The van der Waals surface area contributed by atoms with Gasteiger partial charge in [0, 0.05) is 39.6 Å². The van der Waals surface area contributed by atoms with Gasteiger partial charge in [0.1, 0.15) is 0 Å². The Balaban J connectivity index is 0.00000280. The van der Waals surface area contributed by atoms with Crippen LogP contribution in [0.2, 0.25) is 0 Å². The number of carbonyl (C=O) groups is 1. The molecule has 0 aliphatic carbocycles. The molecule has 1 aliphatic heterocycles. The molecule has 0 saturated carbocycles. The van der Waals surface area contributed by atoms with E-state index in [4.69, 9.17) is 0 Å². The number of hydrogen-bond donors (Lipinski definition) is 2. The maximum atomic E-state index is 11.7. The normalized spacial score (nSPS) is 15.3. The van der Waals surface area contributed by atoms with Crippen LogP contribution in [-0.4, -0.2) is 36.9 Å². The van der Waals surface area contributed by atoms with E-state index in [9.17, 15) is 4.79 Å². The second-order valence-electron chi connectivity index (χ2n) is 7.00. The predicted molar refractivity (Wildman–Crippen MR) is 127 cm³/mol. The van der Waals surface area contributed by atoms with Crippen LogP contribution in [0.1, 0.15) is 42.4 Å². The van der Waals surface area contributed by atoms with Gasteiger partial charge in [-0.3, -0.25) is 9.79 Å². The van der Waals surface area contributed by atoms with Crippen molar-refractivity contribution in [2.75, 3.05) is 20.1 Å². The Labute approximate surface area is 188 Å². The largest absolute Gasteiger partial charge is 0.356 e. The van der Waals surface area contributed by atoms with Crippen LogP contribution in [0.4, 0.5) is 0 Å². The summed E-state index contributed by atoms with van der Waals surface area (Å²) in [6.07, 6.45) is 1.68. The zero-order chi connectivity index (χ0) is 19.1. The van der Waals surface area contributed by atoms with Crippen LogP contribution in [0.25, 0.3) is 0 Å². The van der Waals surface area contributed by atoms with Gasteiger partial charge in [0.2, 0.25) is 5.91 Å². The van der Waals surface area contributed by atoms with E-state index in [2.05, 4.69) is 63.6 Å². The Kier molecular flexibility index (Phi) is 9.24. The first-order chi connectivity index (χ1) is 13.2. The SMILES string of the molecule is CN=C(NCc1ccc(CN2CCCC2=O)cc1)NCC(C)c1ccsc1.I. The molecule has 1 atom stereocenters. The number of nitrogens with zero attached hydrogens (tertiary/aromatic N) is 2. The van der Waals surface area contributed by atoms with Crippen molar-refractivity contribution in [1.29, 1.82) is 0 Å². The summed E-state index contributed by atoms with van der Waals surface area (Å²) in [5.74, 6) is 1.53. The number of guanidine groups is 1. The summed E-state index contributed by atoms with van der Waals surface area (Å²) >= 11 is 1.73. The molecule has 2 N–H and O–H groups in total. The summed E-state index contributed by atoms with van der Waals surface area (Å²) in [6, 6.07) is 10.6. The third-order valence-corrected chi connectivity index (χ3v) is 5.64. The molecular formula is C21H29IN4OS. The Morgan fingerprint density at radius 1 is 1.21 bits per heavy atom. The zero-order valence-electron chi connectivity index (χ0n) is 16.5. The highest BCUT2D eigenvalue weighted by molar-refractivity contribution is 14.0. The van der Waals surface area contributed by atoms with Crippen LogP contribution in [0.15, 0.2) is 46.1 Å². The van der Waals surface area contributed by atoms with Crippen LogP contribution in [0.3, 0.4) is 0 Å². The molecule has 1 unspecified atom stereocenters. The van der Waals surface area contributed by atoms with Crippen molar-refractivity contribution in [3.63, 3.8) is 0 Å². The summed E-state index contributed by atoms with van der Waals surface area (Å²) in [7, 11) is 1.79. The van der Waals surface area contributed by atoms with E-state index >= 15 is 0 Å². The van der Waals surface area contributed by atoms with Gasteiger partial charge in [-0.05, 0) is 45.9 Å². The highest BCUT2D eigenvalue weighted by Crippen LogP contribution is 2.17. The van der Waals surface area contributed by atoms with Crippen molar-refractivity contribution < 1.29 is 4.79 Å². The lowest BCUT2D eigenvalue weighted by Crippen LogP contribution is -2.38. The van der Waals surface area contributed by atoms with Crippen molar-refractivity contribution in [3.05, 3.63) is 57.8 Å². The molecule has 1 amide bonds. The maximum absolute atomic E-state index is 11.7. The van der Waals surface area contributed by atoms with Crippen LogP contribution in [0, 0.1) is 0 Å². The molecule has 0 radical (unpaired) electrons. The number of aliphatic imine (C=N–C) groups is 1. The lowest BCUT2D eigenvalue weighted by atomic mass is 10.1. The molecule has 0 spiro atoms. The van der Waals surface area contributed by atoms with Crippen molar-refractivity contribution in [2.45, 2.75) is 38.8 Å². The molecule has 28 heavy (non-hydrogen) atoms. The molecule has 1 saturated heterocycles. The average molecular weight is 512 g/mol. The summed E-state index contributed by atoms with van der Waals surface area (Å²) in [5.41, 5.74) is 3.73. The van der Waals surface area contributed by atoms with Crippen molar-refractivity contribution in [1.82, 2.24) is 15.5 Å². The number of halogens is 1. The number of likely N-dealkylation sites (tertiary alicyclic amines) is 1. The molecule has 7 heteroatoms. The Morgan fingerprint density at radius 3 is 2.57 bits per heavy atom. The fourth-order valence-corrected chi connectivity index (χ4v) is 3.97. The maximum Gasteiger partial charge on any atom is 0.222 e. The average Bonchev–Trinajstić information content (AvgIpc) is 3.35. The van der Waals surface area contributed by atoms with Crippen LogP contribution >= 0.6 is 35.3 Å². The molecule has 1 aromatic carbocycles. The monoisotopic (exact) mass is 512 g/mol. The van der Waals surface area contributed by atoms with Gasteiger partial charge in [0.15, 0.2) is 5.96 Å². The standard InChI is InChI=1S/C21H28N4OS.HI/c1-16(19-9-11-27-15-19)12-23-21(22-2)24-13-17-5-7-18(8-6-17)14-25-10-3-4-20(25)26;/h5-9,11,15-16H,3-4,10,12-14H2,1-2H3,(H2,22,23,24);1H. The number of thiophene rings is 1. The minimum atomic E-state index is 0. The second kappa shape index (κ2) is 11.4. The molecular weight excluding hydrogens is 483 g/mol. The quantitative estimate of drug-likeness (QED) is 0.336. The minimum Gasteiger partial charge on any atom is -0.356 e. The number of amides is 1. The van der Waals surface area contributed by atoms with E-state index in [0.717, 1.165) is 38.6 Å². The molecule has 152 valence electrons. The van der Waals surface area contributed by atoms with Crippen molar-refractivity contribution in [2.24, 2.45) is 4.99 Å². The fourth-order valence-electron chi connectivity index (χ4n) is 3.18. The van der Waals surface area contributed by atoms with Gasteiger partial charge in [-0.1, -0.05) is 31.2 Å². The van der Waals surface area contributed by atoms with Gasteiger partial charge < -0.3 is 15.5 Å². The van der Waals surface area contributed by atoms with Gasteiger partial charge in [0.25, 0.3) is 0 Å². The topological polar surface area (TPSA) is 56.7 Å². The first kappa shape index (κ1) is 22.7. The first-order valence-electron chi connectivity index (χ1n) is 9.48. The molecule has 0 bridgehead atoms. The molecule has 5 nitrogen and oxygen atoms in total. The Morgan fingerprint density at radius 2 is 1.96 bits per heavy atom. The van der Waals surface area contributed by atoms with Crippen molar-refractivity contribution >= 4 is 47.2 Å². The van der Waals surface area contributed by atoms with E-state index in [-0.39, 0.29) is 29.9 Å². The summed E-state index contributed by atoms with van der Waals surface area (Å²) in [4.78, 5) is 18.0. The molecule has 1 fully saturated rings. The van der Waals surface area contributed by atoms with E-state index in [1.807, 2.05) is 4.90 Å². The summed E-state index contributed by atoms with van der Waals surface area (Å²) in [5, 5.41) is 11.1. The van der Waals surface area contributed by atoms with Gasteiger partial charge in [-0.2, -0.15) is 11.3 Å².